The van der Waals surface area contributed by atoms with Crippen molar-refractivity contribution < 1.29 is 60.6 Å². The molecule has 1 aliphatic rings. The van der Waals surface area contributed by atoms with Crippen LogP contribution in [0.4, 0.5) is 10.2 Å². The summed E-state index contributed by atoms with van der Waals surface area (Å²) in [6.45, 7) is 0.363. The molecule has 7 N–H and O–H groups in total. The van der Waals surface area contributed by atoms with Crippen molar-refractivity contribution in [1.82, 2.24) is 9.55 Å². The molecule has 1 saturated heterocycles. The molecular formula is C10H17FN3O13P3. The van der Waals surface area contributed by atoms with Gasteiger partial charge in [-0.2, -0.15) is 13.6 Å². The first kappa shape index (κ1) is 25.2. The number of nitrogen functional groups attached to an aromatic ring is 1. The van der Waals surface area contributed by atoms with E-state index in [9.17, 15) is 32.9 Å². The Hall–Kier alpha value is -1.06. The van der Waals surface area contributed by atoms with Crippen LogP contribution in [0, 0.1) is 6.92 Å². The van der Waals surface area contributed by atoms with Crippen molar-refractivity contribution in [3.8, 4) is 0 Å². The van der Waals surface area contributed by atoms with Gasteiger partial charge in [-0.25, -0.2) is 22.9 Å². The smallest absolute Gasteiger partial charge is 0.387 e. The molecule has 6 unspecified atom stereocenters. The lowest BCUT2D eigenvalue weighted by atomic mass is 10.1. The largest absolute Gasteiger partial charge is 0.490 e. The van der Waals surface area contributed by atoms with Gasteiger partial charge in [-0.05, 0) is 6.92 Å². The van der Waals surface area contributed by atoms with E-state index in [0.29, 0.717) is 4.57 Å². The zero-order valence-corrected chi connectivity index (χ0v) is 17.5. The number of halogens is 1. The summed E-state index contributed by atoms with van der Waals surface area (Å²) < 4.78 is 65.0. The Morgan fingerprint density at radius 2 is 1.83 bits per heavy atom. The number of ether oxygens (including phenoxy) is 1. The maximum absolute atomic E-state index is 14.4. The summed E-state index contributed by atoms with van der Waals surface area (Å²) in [5.74, 6) is -0.116. The first-order chi connectivity index (χ1) is 13.5. The average molecular weight is 499 g/mol. The van der Waals surface area contributed by atoms with E-state index in [4.69, 9.17) is 25.2 Å². The van der Waals surface area contributed by atoms with Gasteiger partial charge in [0.05, 0.1) is 6.61 Å². The number of rotatable bonds is 8. The van der Waals surface area contributed by atoms with E-state index in [2.05, 4.69) is 18.1 Å². The molecule has 172 valence electrons. The fourth-order valence-corrected chi connectivity index (χ4v) is 5.33. The predicted molar refractivity (Wildman–Crippen MR) is 92.3 cm³/mol. The molecule has 0 radical (unpaired) electrons. The van der Waals surface area contributed by atoms with Gasteiger partial charge >= 0.3 is 29.2 Å². The highest BCUT2D eigenvalue weighted by Crippen LogP contribution is 2.66. The Morgan fingerprint density at radius 3 is 2.40 bits per heavy atom. The molecule has 1 aromatic heterocycles. The van der Waals surface area contributed by atoms with Gasteiger partial charge in [0.15, 0.2) is 12.4 Å². The van der Waals surface area contributed by atoms with Crippen LogP contribution >= 0.6 is 23.5 Å². The molecule has 0 saturated carbocycles. The third kappa shape index (κ3) is 6.47. The maximum Gasteiger partial charge on any atom is 0.490 e. The lowest BCUT2D eigenvalue weighted by molar-refractivity contribution is -0.0482. The van der Waals surface area contributed by atoms with Gasteiger partial charge in [0.1, 0.15) is 18.0 Å². The monoisotopic (exact) mass is 499 g/mol. The minimum Gasteiger partial charge on any atom is -0.387 e. The minimum atomic E-state index is -5.75. The molecule has 1 aromatic rings. The van der Waals surface area contributed by atoms with Crippen molar-refractivity contribution in [3.63, 3.8) is 0 Å². The van der Waals surface area contributed by atoms with E-state index in [1.54, 1.807) is 0 Å². The molecule has 0 spiro atoms. The van der Waals surface area contributed by atoms with Crippen LogP contribution in [-0.2, 0) is 31.6 Å². The predicted octanol–water partition coefficient (Wildman–Crippen LogP) is -0.926. The second-order valence-electron chi connectivity index (χ2n) is 5.89. The topological polar surface area (TPSA) is 250 Å². The number of hydrogen-bond acceptors (Lipinski definition) is 11. The number of hydrogen-bond donors (Lipinski definition) is 6. The van der Waals surface area contributed by atoms with Gasteiger partial charge in [-0.1, -0.05) is 0 Å². The van der Waals surface area contributed by atoms with E-state index >= 15 is 0 Å². The summed E-state index contributed by atoms with van der Waals surface area (Å²) >= 11 is 0. The lowest BCUT2D eigenvalue weighted by Gasteiger charge is -2.19. The summed E-state index contributed by atoms with van der Waals surface area (Å²) in [6, 6.07) is 0. The number of alkyl halides is 1. The fourth-order valence-electron chi connectivity index (χ4n) is 2.30. The number of aryl methyl sites for hydroxylation is 1. The van der Waals surface area contributed by atoms with Gasteiger partial charge in [0.2, 0.25) is 0 Å². The number of aliphatic hydroxyl groups is 1. The van der Waals surface area contributed by atoms with E-state index in [1.807, 2.05) is 0 Å². The van der Waals surface area contributed by atoms with Gasteiger partial charge in [0, 0.05) is 11.8 Å². The van der Waals surface area contributed by atoms with Gasteiger partial charge in [-0.15, -0.1) is 0 Å². The number of aliphatic hydroxyl groups excluding tert-OH is 1. The second-order valence-corrected chi connectivity index (χ2v) is 10.3. The van der Waals surface area contributed by atoms with Crippen LogP contribution in [0.5, 0.6) is 0 Å². The molecule has 0 aromatic carbocycles. The number of phosphoric acid groups is 3. The molecule has 6 atom stereocenters. The maximum atomic E-state index is 14.4. The van der Waals surface area contributed by atoms with E-state index in [0.717, 1.165) is 6.20 Å². The van der Waals surface area contributed by atoms with Crippen molar-refractivity contribution in [1.29, 1.82) is 0 Å². The van der Waals surface area contributed by atoms with E-state index in [-0.39, 0.29) is 11.4 Å². The summed E-state index contributed by atoms with van der Waals surface area (Å²) in [5, 5.41) is 9.90. The van der Waals surface area contributed by atoms with Gasteiger partial charge < -0.3 is 35.2 Å². The number of nitrogens with zero attached hydrogens (tertiary/aromatic N) is 2. The Kier molecular flexibility index (Phi) is 7.41. The van der Waals surface area contributed by atoms with Crippen LogP contribution in [0.3, 0.4) is 0 Å². The molecule has 0 amide bonds. The van der Waals surface area contributed by atoms with Gasteiger partial charge in [-0.3, -0.25) is 9.09 Å². The molecule has 30 heavy (non-hydrogen) atoms. The molecule has 20 heteroatoms. The van der Waals surface area contributed by atoms with Crippen molar-refractivity contribution in [3.05, 3.63) is 22.2 Å². The van der Waals surface area contributed by atoms with E-state index < -0.39 is 60.4 Å². The highest BCUT2D eigenvalue weighted by molar-refractivity contribution is 7.66. The molecule has 0 bridgehead atoms. The highest BCUT2D eigenvalue weighted by Gasteiger charge is 2.47. The summed E-state index contributed by atoms with van der Waals surface area (Å²) in [6.07, 6.45) is -6.47. The Labute approximate surface area is 166 Å². The molecule has 2 heterocycles. The van der Waals surface area contributed by atoms with Gasteiger partial charge in [0.25, 0.3) is 0 Å². The molecule has 1 fully saturated rings. The quantitative estimate of drug-likeness (QED) is 0.236. The van der Waals surface area contributed by atoms with Crippen LogP contribution in [0.1, 0.15) is 11.8 Å². The SMILES string of the molecule is Cc1cn(C2OC(COP(=O)(O)OP(=O)(O)OP(=O)(O)O)C(O)C2F)c(=O)nc1N. The standard InChI is InChI=1S/C10H17FN3O13P3/c1-4-2-14(10(16)13-8(4)12)9-6(11)7(15)5(25-9)3-24-29(20,21)27-30(22,23)26-28(17,18)19/h2,5-7,9,15H,3H2,1H3,(H,20,21)(H,22,23)(H2,12,13,16)(H2,17,18,19). The van der Waals surface area contributed by atoms with Crippen molar-refractivity contribution in [2.24, 2.45) is 0 Å². The average Bonchev–Trinajstić information content (AvgIpc) is 2.81. The van der Waals surface area contributed by atoms with E-state index in [1.165, 1.54) is 6.92 Å². The summed E-state index contributed by atoms with van der Waals surface area (Å²) in [5.41, 5.74) is 4.74. The zero-order valence-electron chi connectivity index (χ0n) is 14.8. The fraction of sp³-hybridized carbons (Fsp3) is 0.600. The third-order valence-corrected chi connectivity index (χ3v) is 7.36. The Bertz CT molecular complexity index is 997. The number of aromatic nitrogens is 2. The second kappa shape index (κ2) is 8.82. The van der Waals surface area contributed by atoms with Crippen LogP contribution in [0.25, 0.3) is 0 Å². The Morgan fingerprint density at radius 1 is 1.23 bits per heavy atom. The van der Waals surface area contributed by atoms with Crippen molar-refractivity contribution in [2.75, 3.05) is 12.3 Å². The van der Waals surface area contributed by atoms with Crippen LogP contribution in [0.2, 0.25) is 0 Å². The third-order valence-electron chi connectivity index (χ3n) is 3.56. The van der Waals surface area contributed by atoms with Crippen molar-refractivity contribution in [2.45, 2.75) is 31.5 Å². The summed E-state index contributed by atoms with van der Waals surface area (Å²) in [7, 11) is -16.8. The van der Waals surface area contributed by atoms with Crippen LogP contribution in [-0.4, -0.2) is 59.2 Å². The lowest BCUT2D eigenvalue weighted by Crippen LogP contribution is -2.34. The first-order valence-corrected chi connectivity index (χ1v) is 12.1. The zero-order chi connectivity index (χ0) is 23.1. The van der Waals surface area contributed by atoms with Crippen LogP contribution < -0.4 is 11.4 Å². The normalized spacial score (nSPS) is 28.8. The molecule has 2 rings (SSSR count). The molecule has 16 nitrogen and oxygen atoms in total. The van der Waals surface area contributed by atoms with Crippen LogP contribution in [0.15, 0.2) is 11.0 Å². The minimum absolute atomic E-state index is 0.116. The number of phosphoric ester groups is 1. The Balaban J connectivity index is 2.09. The number of anilines is 1. The molecule has 1 aliphatic heterocycles. The summed E-state index contributed by atoms with van der Waals surface area (Å²) in [4.78, 5) is 50.7. The first-order valence-electron chi connectivity index (χ1n) is 7.62. The molecule has 0 aliphatic carbocycles. The highest BCUT2D eigenvalue weighted by atomic mass is 31.3. The number of nitrogens with two attached hydrogens (primary N) is 1. The molecular weight excluding hydrogens is 482 g/mol. The van der Waals surface area contributed by atoms with Crippen molar-refractivity contribution >= 4 is 29.3 Å².